The molecule has 7 rings (SSSR count). The van der Waals surface area contributed by atoms with E-state index in [0.717, 1.165) is 73.6 Å². The van der Waals surface area contributed by atoms with Gasteiger partial charge in [0.1, 0.15) is 17.4 Å². The first-order valence-electron chi connectivity index (χ1n) is 13.0. The minimum absolute atomic E-state index is 0.230. The van der Waals surface area contributed by atoms with Gasteiger partial charge in [-0.15, -0.1) is 0 Å². The highest BCUT2D eigenvalue weighted by molar-refractivity contribution is 5.82. The van der Waals surface area contributed by atoms with Gasteiger partial charge in [0, 0.05) is 30.5 Å². The molecular formula is C28H35N5O2. The minimum atomic E-state index is -0.537. The average molecular weight is 474 g/mol. The van der Waals surface area contributed by atoms with Gasteiger partial charge in [-0.1, -0.05) is 0 Å². The van der Waals surface area contributed by atoms with E-state index in [2.05, 4.69) is 24.0 Å². The van der Waals surface area contributed by atoms with Crippen molar-refractivity contribution in [3.8, 4) is 5.82 Å². The Hall–Kier alpha value is -2.80. The Bertz CT molecular complexity index is 1290. The van der Waals surface area contributed by atoms with Crippen LogP contribution in [0.2, 0.25) is 0 Å². The number of benzene rings is 1. The zero-order chi connectivity index (χ0) is 24.5. The molecule has 0 amide bonds. The highest BCUT2D eigenvalue weighted by Crippen LogP contribution is 2.47. The van der Waals surface area contributed by atoms with Crippen molar-refractivity contribution in [3.63, 3.8) is 0 Å². The number of aryl methyl sites for hydroxylation is 2. The standard InChI is InChI=1S/C28H35N5O2/c1-16-9-20-13-29-33(24(20)11-23(16)19-5-7-28(4,35)8-6-19)26-12-25(30-18(3)31-26)32-14-21-10-22(15-32)27(21)17(2)34/h9,11-13,19,21-22,27,35H,5-8,10,14-15H2,1-4H3. The Kier molecular flexibility index (Phi) is 5.25. The lowest BCUT2D eigenvalue weighted by atomic mass is 9.60. The van der Waals surface area contributed by atoms with Crippen LogP contribution < -0.4 is 4.90 Å². The average Bonchev–Trinajstić information content (AvgIpc) is 3.20. The maximum Gasteiger partial charge on any atom is 0.159 e. The molecule has 35 heavy (non-hydrogen) atoms. The van der Waals surface area contributed by atoms with E-state index in [1.54, 1.807) is 6.92 Å². The molecule has 4 heterocycles. The maximum atomic E-state index is 12.0. The highest BCUT2D eigenvalue weighted by Gasteiger charge is 2.49. The molecule has 2 aromatic heterocycles. The van der Waals surface area contributed by atoms with Crippen LogP contribution in [0.15, 0.2) is 24.4 Å². The van der Waals surface area contributed by atoms with Crippen LogP contribution in [0.3, 0.4) is 0 Å². The minimum Gasteiger partial charge on any atom is -0.390 e. The molecule has 2 bridgehead atoms. The largest absolute Gasteiger partial charge is 0.390 e. The van der Waals surface area contributed by atoms with Crippen molar-refractivity contribution in [2.75, 3.05) is 18.0 Å². The molecule has 1 aromatic carbocycles. The van der Waals surface area contributed by atoms with E-state index in [4.69, 9.17) is 15.1 Å². The van der Waals surface area contributed by atoms with Crippen molar-refractivity contribution >= 4 is 22.5 Å². The summed E-state index contributed by atoms with van der Waals surface area (Å²) in [5.41, 5.74) is 3.16. The van der Waals surface area contributed by atoms with Gasteiger partial charge in [-0.25, -0.2) is 14.6 Å². The van der Waals surface area contributed by atoms with Crippen LogP contribution in [0.25, 0.3) is 16.7 Å². The zero-order valence-electron chi connectivity index (χ0n) is 21.2. The molecular weight excluding hydrogens is 438 g/mol. The summed E-state index contributed by atoms with van der Waals surface area (Å²) in [6.07, 6.45) is 6.75. The van der Waals surface area contributed by atoms with E-state index < -0.39 is 5.60 Å². The number of rotatable bonds is 4. The van der Waals surface area contributed by atoms with Gasteiger partial charge < -0.3 is 10.0 Å². The Labute approximate surface area is 206 Å². The third kappa shape index (κ3) is 3.94. The third-order valence-corrected chi connectivity index (χ3v) is 8.81. The molecule has 3 aromatic rings. The lowest BCUT2D eigenvalue weighted by Gasteiger charge is -2.53. The molecule has 2 unspecified atom stereocenters. The van der Waals surface area contributed by atoms with Gasteiger partial charge in [0.05, 0.1) is 17.3 Å². The first-order chi connectivity index (χ1) is 16.7. The summed E-state index contributed by atoms with van der Waals surface area (Å²) in [6.45, 7) is 9.57. The van der Waals surface area contributed by atoms with Gasteiger partial charge in [-0.2, -0.15) is 5.10 Å². The number of carbonyl (C=O) groups excluding carboxylic acids is 1. The lowest BCUT2D eigenvalue weighted by Crippen LogP contribution is -2.57. The fourth-order valence-electron chi connectivity index (χ4n) is 6.92. The number of anilines is 1. The number of aromatic nitrogens is 4. The van der Waals surface area contributed by atoms with E-state index >= 15 is 0 Å². The number of nitrogens with zero attached hydrogens (tertiary/aromatic N) is 5. The van der Waals surface area contributed by atoms with Crippen LogP contribution in [0.5, 0.6) is 0 Å². The van der Waals surface area contributed by atoms with Crippen molar-refractivity contribution in [3.05, 3.63) is 41.3 Å². The predicted molar refractivity (Wildman–Crippen MR) is 136 cm³/mol. The first kappa shape index (κ1) is 22.7. The molecule has 0 radical (unpaired) electrons. The van der Waals surface area contributed by atoms with E-state index in [0.29, 0.717) is 23.5 Å². The van der Waals surface area contributed by atoms with Gasteiger partial charge in [-0.05, 0) is 101 Å². The molecule has 4 fully saturated rings. The summed E-state index contributed by atoms with van der Waals surface area (Å²) in [4.78, 5) is 23.8. The highest BCUT2D eigenvalue weighted by atomic mass is 16.3. The van der Waals surface area contributed by atoms with Crippen LogP contribution in [0, 0.1) is 31.6 Å². The smallest absolute Gasteiger partial charge is 0.159 e. The number of hydrogen-bond acceptors (Lipinski definition) is 6. The Balaban J connectivity index is 1.33. The topological polar surface area (TPSA) is 84.1 Å². The van der Waals surface area contributed by atoms with Crippen molar-refractivity contribution in [1.82, 2.24) is 19.7 Å². The summed E-state index contributed by atoms with van der Waals surface area (Å²) in [7, 11) is 0. The number of Topliss-reactive ketones (excluding diaryl/α,β-unsaturated/α-hetero) is 1. The Morgan fingerprint density at radius 2 is 1.74 bits per heavy atom. The van der Waals surface area contributed by atoms with E-state index in [1.165, 1.54) is 11.1 Å². The second-order valence-electron chi connectivity index (χ2n) is 11.5. The number of piperidine rings is 2. The molecule has 2 saturated heterocycles. The number of fused-ring (bicyclic) bond motifs is 3. The Morgan fingerprint density at radius 1 is 1.06 bits per heavy atom. The zero-order valence-corrected chi connectivity index (χ0v) is 21.2. The summed E-state index contributed by atoms with van der Waals surface area (Å²) in [6, 6.07) is 6.56. The summed E-state index contributed by atoms with van der Waals surface area (Å²) >= 11 is 0. The second kappa shape index (κ2) is 8.12. The van der Waals surface area contributed by atoms with Gasteiger partial charge in [0.25, 0.3) is 0 Å². The molecule has 2 aliphatic carbocycles. The molecule has 2 aliphatic heterocycles. The number of hydrogen-bond donors (Lipinski definition) is 1. The van der Waals surface area contributed by atoms with Gasteiger partial charge >= 0.3 is 0 Å². The molecule has 7 heteroatoms. The summed E-state index contributed by atoms with van der Waals surface area (Å²) < 4.78 is 1.94. The van der Waals surface area contributed by atoms with Crippen LogP contribution in [0.4, 0.5) is 5.82 Å². The van der Waals surface area contributed by atoms with E-state index in [1.807, 2.05) is 30.8 Å². The molecule has 2 saturated carbocycles. The van der Waals surface area contributed by atoms with E-state index in [-0.39, 0.29) is 5.92 Å². The Morgan fingerprint density at radius 3 is 2.43 bits per heavy atom. The van der Waals surface area contributed by atoms with E-state index in [9.17, 15) is 9.90 Å². The molecule has 184 valence electrons. The monoisotopic (exact) mass is 473 g/mol. The summed E-state index contributed by atoms with van der Waals surface area (Å²) in [5.74, 6) is 4.34. The van der Waals surface area contributed by atoms with Crippen LogP contribution >= 0.6 is 0 Å². The summed E-state index contributed by atoms with van der Waals surface area (Å²) in [5, 5.41) is 16.2. The second-order valence-corrected chi connectivity index (χ2v) is 11.5. The van der Waals surface area contributed by atoms with Crippen molar-refractivity contribution in [2.45, 2.75) is 71.3 Å². The number of ketones is 1. The van der Waals surface area contributed by atoms with Gasteiger partial charge in [-0.3, -0.25) is 4.79 Å². The SMILES string of the molecule is CC(=O)C1C2CC1CN(c1cc(-n3ncc4cc(C)c(C5CCC(C)(O)CC5)cc43)nc(C)n1)C2. The first-order valence-corrected chi connectivity index (χ1v) is 13.0. The van der Waals surface area contributed by atoms with Gasteiger partial charge in [0.15, 0.2) is 5.82 Å². The van der Waals surface area contributed by atoms with Crippen LogP contribution in [-0.4, -0.2) is 49.3 Å². The van der Waals surface area contributed by atoms with Gasteiger partial charge in [0.2, 0.25) is 0 Å². The predicted octanol–water partition coefficient (Wildman–Crippen LogP) is 4.50. The third-order valence-electron chi connectivity index (χ3n) is 8.81. The molecule has 4 aliphatic rings. The maximum absolute atomic E-state index is 12.0. The molecule has 7 nitrogen and oxygen atoms in total. The number of carbonyl (C=O) groups is 1. The quantitative estimate of drug-likeness (QED) is 0.601. The molecule has 1 N–H and O–H groups in total. The van der Waals surface area contributed by atoms with Crippen LogP contribution in [0.1, 0.15) is 68.8 Å². The molecule has 2 atom stereocenters. The number of aliphatic hydroxyl groups is 1. The fourth-order valence-corrected chi connectivity index (χ4v) is 6.92. The van der Waals surface area contributed by atoms with Crippen molar-refractivity contribution in [1.29, 1.82) is 0 Å². The molecule has 0 spiro atoms. The lowest BCUT2D eigenvalue weighted by molar-refractivity contribution is -0.130. The fraction of sp³-hybridized carbons (Fsp3) is 0.571. The normalized spacial score (nSPS) is 30.4. The van der Waals surface area contributed by atoms with Crippen LogP contribution in [-0.2, 0) is 4.79 Å². The van der Waals surface area contributed by atoms with Crippen molar-refractivity contribution in [2.24, 2.45) is 17.8 Å². The van der Waals surface area contributed by atoms with Crippen molar-refractivity contribution < 1.29 is 9.90 Å².